The van der Waals surface area contributed by atoms with Crippen LogP contribution in [0.4, 0.5) is 17.1 Å². The molecule has 5 aliphatic carbocycles. The van der Waals surface area contributed by atoms with Crippen LogP contribution >= 0.6 is 0 Å². The number of aryl methyl sites for hydroxylation is 1. The van der Waals surface area contributed by atoms with Gasteiger partial charge in [0.25, 0.3) is 0 Å². The molecular weight excluding hydrogens is 1390 g/mol. The van der Waals surface area contributed by atoms with Crippen molar-refractivity contribution in [3.05, 3.63) is 280 Å². The van der Waals surface area contributed by atoms with Gasteiger partial charge in [-0.1, -0.05) is 349 Å². The predicted octanol–water partition coefficient (Wildman–Crippen LogP) is 33.5. The Balaban J connectivity index is 0.748. The predicted molar refractivity (Wildman–Crippen MR) is 490 cm³/mol. The van der Waals surface area contributed by atoms with Gasteiger partial charge in [-0.15, -0.1) is 0 Å². The van der Waals surface area contributed by atoms with Gasteiger partial charge in [0.1, 0.15) is 22.3 Å². The number of anilines is 3. The van der Waals surface area contributed by atoms with Crippen LogP contribution in [0.25, 0.3) is 122 Å². The number of fused-ring (bicyclic) bond motifs is 25. The zero-order valence-corrected chi connectivity index (χ0v) is 70.5. The highest BCUT2D eigenvalue weighted by Gasteiger charge is 2.51. The van der Waals surface area contributed by atoms with E-state index in [4.69, 9.17) is 8.83 Å². The summed E-state index contributed by atoms with van der Waals surface area (Å²) in [4.78, 5) is 2.63. The summed E-state index contributed by atoms with van der Waals surface area (Å²) in [6.07, 6.45) is 29.9. The minimum Gasteiger partial charge on any atom is -0.455 e. The van der Waals surface area contributed by atoms with E-state index in [0.29, 0.717) is 0 Å². The summed E-state index contributed by atoms with van der Waals surface area (Å²) in [6.45, 7) is 26.6. The van der Waals surface area contributed by atoms with Crippen molar-refractivity contribution in [1.29, 1.82) is 0 Å². The Hall–Kier alpha value is -9.96. The van der Waals surface area contributed by atoms with E-state index in [-0.39, 0.29) is 27.1 Å². The standard InChI is InChI=1S/C112H117NO2/c1-12-16-20-24-38-62-111(63-39-25-21-17-13-2)89-48-34-29-43-78(89)81-58-53-74(67-93(81)111)73-52-57-79-80-59-54-75(68-91(80)108(6,7)90(79)66-73)87-71-95-99(101-85-45-31-36-50-97(85)114-106(87)101)84-61-56-77(70-94(84)112(95,64-40-26-22-18-14-3)65-41-27-23-19-15-4)113(96-49-35-28-42-72(96)5)76-55-60-83-92(69-76)110(10,11)104-100(83)102-86-46-32-37-51-98(86)115-107(102)103-82-44-30-33-47-88(82)109(8,9)105(103)104/h28-37,42-61,66-71H,12-27,38-41,62-65H2,1-11H3. The highest BCUT2D eigenvalue weighted by Crippen LogP contribution is 2.66. The number of para-hydroxylation sites is 3. The molecule has 0 radical (unpaired) electrons. The SMILES string of the molecule is CCCCCCCC1(CCCCCCC)c2ccccc2-c2ccc(-c3ccc4c(c3)C(C)(C)c3cc(-c5cc6c(c7c5oc5ccccc57)-c5ccc(N(c7ccc8c(c7)C(C)(C)c7c9c(c%10oc%11ccccc%11c%10c7-8)-c7ccccc7C9(C)C)c7ccccc7C)cc5C6(CCCCCCC)CCCCCCC)ccc3-4)cc21. The zero-order valence-electron chi connectivity index (χ0n) is 70.5. The van der Waals surface area contributed by atoms with Crippen LogP contribution in [0.3, 0.4) is 0 Å². The molecule has 2 heterocycles. The van der Waals surface area contributed by atoms with Crippen molar-refractivity contribution >= 4 is 60.9 Å². The van der Waals surface area contributed by atoms with Crippen LogP contribution in [-0.4, -0.2) is 0 Å². The maximum atomic E-state index is 7.48. The molecule has 0 N–H and O–H groups in total. The van der Waals surface area contributed by atoms with Crippen molar-refractivity contribution in [2.75, 3.05) is 4.90 Å². The monoisotopic (exact) mass is 1510 g/mol. The van der Waals surface area contributed by atoms with Gasteiger partial charge < -0.3 is 13.7 Å². The summed E-state index contributed by atoms with van der Waals surface area (Å²) in [6, 6.07) is 86.0. The van der Waals surface area contributed by atoms with Crippen LogP contribution in [0.15, 0.2) is 227 Å². The number of benzene rings is 12. The van der Waals surface area contributed by atoms with Gasteiger partial charge in [-0.2, -0.15) is 0 Å². The van der Waals surface area contributed by atoms with Crippen molar-refractivity contribution in [3.63, 3.8) is 0 Å². The summed E-state index contributed by atoms with van der Waals surface area (Å²) in [5.74, 6) is 0. The third-order valence-corrected chi connectivity index (χ3v) is 29.1. The quantitative estimate of drug-likeness (QED) is 0.0438. The van der Waals surface area contributed by atoms with Crippen LogP contribution in [0.2, 0.25) is 0 Å². The van der Waals surface area contributed by atoms with Crippen molar-refractivity contribution < 1.29 is 8.83 Å². The smallest absolute Gasteiger partial charge is 0.144 e. The second-order valence-corrected chi connectivity index (χ2v) is 37.1. The molecule has 582 valence electrons. The van der Waals surface area contributed by atoms with Gasteiger partial charge in [0.15, 0.2) is 0 Å². The van der Waals surface area contributed by atoms with E-state index in [0.717, 1.165) is 48.0 Å². The molecule has 0 bridgehead atoms. The first-order valence-corrected chi connectivity index (χ1v) is 44.9. The van der Waals surface area contributed by atoms with Gasteiger partial charge in [-0.3, -0.25) is 0 Å². The van der Waals surface area contributed by atoms with Gasteiger partial charge in [0, 0.05) is 76.8 Å². The summed E-state index contributed by atoms with van der Waals surface area (Å²) in [5, 5.41) is 4.87. The first-order chi connectivity index (χ1) is 56.1. The second kappa shape index (κ2) is 29.6. The second-order valence-electron chi connectivity index (χ2n) is 37.1. The highest BCUT2D eigenvalue weighted by atomic mass is 16.3. The number of furan rings is 2. The molecule has 115 heavy (non-hydrogen) atoms. The van der Waals surface area contributed by atoms with E-state index in [2.05, 4.69) is 299 Å². The van der Waals surface area contributed by atoms with E-state index >= 15 is 0 Å². The fourth-order valence-corrected chi connectivity index (χ4v) is 23.3. The average molecular weight is 1510 g/mol. The molecule has 0 amide bonds. The summed E-state index contributed by atoms with van der Waals surface area (Å²) >= 11 is 0. The average Bonchev–Trinajstić information content (AvgIpc) is 1.50. The van der Waals surface area contributed by atoms with Gasteiger partial charge in [0.2, 0.25) is 0 Å². The largest absolute Gasteiger partial charge is 0.455 e. The molecule has 14 aromatic rings. The molecule has 0 saturated heterocycles. The Morgan fingerprint density at radius 1 is 0.278 bits per heavy atom. The molecule has 0 atom stereocenters. The molecule has 12 aromatic carbocycles. The van der Waals surface area contributed by atoms with Crippen molar-refractivity contribution in [1.82, 2.24) is 0 Å². The highest BCUT2D eigenvalue weighted by molar-refractivity contribution is 6.22. The van der Waals surface area contributed by atoms with E-state index in [9.17, 15) is 0 Å². The first kappa shape index (κ1) is 75.1. The van der Waals surface area contributed by atoms with Gasteiger partial charge >= 0.3 is 0 Å². The molecule has 0 aliphatic heterocycles. The van der Waals surface area contributed by atoms with Crippen LogP contribution in [0.5, 0.6) is 0 Å². The van der Waals surface area contributed by atoms with E-state index in [1.807, 2.05) is 0 Å². The fraction of sp³-hybridized carbons (Fsp3) is 0.357. The number of rotatable bonds is 29. The fourth-order valence-electron chi connectivity index (χ4n) is 23.3. The van der Waals surface area contributed by atoms with Gasteiger partial charge in [0.05, 0.1) is 0 Å². The molecule has 5 aliphatic rings. The molecule has 0 unspecified atom stereocenters. The van der Waals surface area contributed by atoms with E-state index in [1.54, 1.807) is 11.1 Å². The molecule has 19 rings (SSSR count). The third kappa shape index (κ3) is 11.9. The number of hydrogen-bond donors (Lipinski definition) is 0. The van der Waals surface area contributed by atoms with Crippen LogP contribution in [0.1, 0.15) is 285 Å². The summed E-state index contributed by atoms with van der Waals surface area (Å²) in [7, 11) is 0. The number of hydrogen-bond acceptors (Lipinski definition) is 3. The van der Waals surface area contributed by atoms with Crippen LogP contribution < -0.4 is 4.90 Å². The molecule has 3 nitrogen and oxygen atoms in total. The lowest BCUT2D eigenvalue weighted by Crippen LogP contribution is -2.26. The maximum Gasteiger partial charge on any atom is 0.144 e. The molecule has 0 fully saturated rings. The number of unbranched alkanes of at least 4 members (excludes halogenated alkanes) is 16. The molecular formula is C112H117NO2. The summed E-state index contributed by atoms with van der Waals surface area (Å²) < 4.78 is 14.6. The lowest BCUT2D eigenvalue weighted by molar-refractivity contribution is 0.399. The molecule has 0 spiro atoms. The van der Waals surface area contributed by atoms with Crippen molar-refractivity contribution in [2.45, 2.75) is 257 Å². The number of nitrogens with zero attached hydrogens (tertiary/aromatic N) is 1. The van der Waals surface area contributed by atoms with Crippen molar-refractivity contribution in [3.8, 4) is 77.9 Å². The van der Waals surface area contributed by atoms with Crippen LogP contribution in [0, 0.1) is 6.92 Å². The maximum absolute atomic E-state index is 7.48. The Morgan fingerprint density at radius 3 is 1.25 bits per heavy atom. The molecule has 3 heteroatoms. The zero-order chi connectivity index (χ0) is 78.7. The van der Waals surface area contributed by atoms with E-state index in [1.165, 1.54) is 295 Å². The molecule has 2 aromatic heterocycles. The van der Waals surface area contributed by atoms with Crippen molar-refractivity contribution in [2.24, 2.45) is 0 Å². The van der Waals surface area contributed by atoms with Gasteiger partial charge in [-0.05, 0) is 227 Å². The Labute approximate surface area is 685 Å². The molecule has 0 saturated carbocycles. The van der Waals surface area contributed by atoms with Crippen LogP contribution in [-0.2, 0) is 27.1 Å². The minimum absolute atomic E-state index is 0.0269. The lowest BCUT2D eigenvalue weighted by atomic mass is 9.70. The third-order valence-electron chi connectivity index (χ3n) is 29.1. The first-order valence-electron chi connectivity index (χ1n) is 44.9. The normalized spacial score (nSPS) is 15.4. The summed E-state index contributed by atoms with van der Waals surface area (Å²) in [5.41, 5.74) is 40.6. The van der Waals surface area contributed by atoms with Gasteiger partial charge in [-0.25, -0.2) is 0 Å². The topological polar surface area (TPSA) is 29.5 Å². The Kier molecular flexibility index (Phi) is 19.4. The lowest BCUT2D eigenvalue weighted by Gasteiger charge is -2.35. The van der Waals surface area contributed by atoms with E-state index < -0.39 is 0 Å². The minimum atomic E-state index is -0.359. The Morgan fingerprint density at radius 2 is 0.670 bits per heavy atom. The Bertz CT molecular complexity index is 6100.